The first-order valence-corrected chi connectivity index (χ1v) is 3.47. The number of carbonyl (C=O) groups excluding carboxylic acids is 2. The lowest BCUT2D eigenvalue weighted by atomic mass is 10.3. The zero-order valence-electron chi connectivity index (χ0n) is 6.74. The van der Waals surface area contributed by atoms with Crippen LogP contribution in [0.25, 0.3) is 0 Å². The summed E-state index contributed by atoms with van der Waals surface area (Å²) in [5.74, 6) is -1.79. The molecule has 70 valence electrons. The Hall–Kier alpha value is -1.90. The first kappa shape index (κ1) is 11.1. The van der Waals surface area contributed by atoms with Crippen molar-refractivity contribution in [2.45, 2.75) is 12.8 Å². The Labute approximate surface area is 74.2 Å². The van der Waals surface area contributed by atoms with Crippen molar-refractivity contribution in [1.82, 2.24) is 5.32 Å². The Bertz CT molecular complexity index is 252. The predicted octanol–water partition coefficient (Wildman–Crippen LogP) is -0.940. The van der Waals surface area contributed by atoms with Crippen LogP contribution in [0.1, 0.15) is 12.8 Å². The van der Waals surface area contributed by atoms with E-state index in [1.165, 1.54) is 6.07 Å². The lowest BCUT2D eigenvalue weighted by Crippen LogP contribution is -2.18. The van der Waals surface area contributed by atoms with E-state index in [9.17, 15) is 14.4 Å². The van der Waals surface area contributed by atoms with E-state index in [2.05, 4.69) is 5.32 Å². The first-order chi connectivity index (χ1) is 6.07. The smallest absolute Gasteiger partial charge is 0.317 e. The molecule has 0 atom stereocenters. The maximum absolute atomic E-state index is 10.2. The second kappa shape index (κ2) is 5.71. The van der Waals surface area contributed by atoms with Gasteiger partial charge in [0.05, 0.1) is 6.07 Å². The van der Waals surface area contributed by atoms with Crippen molar-refractivity contribution in [2.75, 3.05) is 6.54 Å². The van der Waals surface area contributed by atoms with Crippen LogP contribution in [0, 0.1) is 11.3 Å². The van der Waals surface area contributed by atoms with E-state index in [1.807, 2.05) is 0 Å². The molecule has 0 aliphatic carbocycles. The molecular weight excluding hydrogens is 176 g/mol. The van der Waals surface area contributed by atoms with Crippen molar-refractivity contribution in [3.05, 3.63) is 0 Å². The Morgan fingerprint density at radius 1 is 1.62 bits per heavy atom. The highest BCUT2D eigenvalue weighted by molar-refractivity contribution is 6.37. The minimum atomic E-state index is -1.07. The molecule has 0 aromatic rings. The summed E-state index contributed by atoms with van der Waals surface area (Å²) in [6.07, 6.45) is -0.0289. The SMILES string of the molecule is N#CCC(=O)O.O=C1CCNC1=O. The normalized spacial score (nSPS) is 13.8. The molecule has 1 aliphatic rings. The second-order valence-corrected chi connectivity index (χ2v) is 2.16. The largest absolute Gasteiger partial charge is 0.480 e. The zero-order chi connectivity index (χ0) is 10.3. The Kier molecular flexibility index (Phi) is 4.88. The van der Waals surface area contributed by atoms with Gasteiger partial charge < -0.3 is 10.4 Å². The monoisotopic (exact) mass is 184 g/mol. The zero-order valence-corrected chi connectivity index (χ0v) is 6.74. The number of hydrogen-bond donors (Lipinski definition) is 2. The number of nitrogens with one attached hydrogen (secondary N) is 1. The van der Waals surface area contributed by atoms with Crippen LogP contribution in [-0.2, 0) is 14.4 Å². The van der Waals surface area contributed by atoms with Crippen molar-refractivity contribution in [2.24, 2.45) is 0 Å². The van der Waals surface area contributed by atoms with Crippen LogP contribution in [0.15, 0.2) is 0 Å². The standard InChI is InChI=1S/C4H5NO2.C3H3NO2/c6-3-1-2-5-4(3)7;4-2-1-3(5)6/h1-2H2,(H,5,7);1H2,(H,5,6). The highest BCUT2D eigenvalue weighted by Crippen LogP contribution is 1.88. The summed E-state index contributed by atoms with van der Waals surface area (Å²) in [5.41, 5.74) is 0. The van der Waals surface area contributed by atoms with E-state index in [-0.39, 0.29) is 5.78 Å². The molecular formula is C7H8N2O4. The maximum atomic E-state index is 10.2. The molecule has 13 heavy (non-hydrogen) atoms. The number of Topliss-reactive ketones (excluding diaryl/α,β-unsaturated/α-hetero) is 1. The fourth-order valence-corrected chi connectivity index (χ4v) is 0.569. The highest BCUT2D eigenvalue weighted by atomic mass is 16.4. The fraction of sp³-hybridized carbons (Fsp3) is 0.429. The Morgan fingerprint density at radius 3 is 2.31 bits per heavy atom. The molecule has 6 heteroatoms. The quantitative estimate of drug-likeness (QED) is 0.511. The number of aliphatic carboxylic acids is 1. The molecule has 0 bridgehead atoms. The molecule has 1 amide bonds. The van der Waals surface area contributed by atoms with Gasteiger partial charge in [-0.1, -0.05) is 0 Å². The van der Waals surface area contributed by atoms with Gasteiger partial charge in [0.1, 0.15) is 6.42 Å². The third-order valence-electron chi connectivity index (χ3n) is 1.12. The van der Waals surface area contributed by atoms with Crippen LogP contribution < -0.4 is 5.32 Å². The van der Waals surface area contributed by atoms with Gasteiger partial charge in [0.2, 0.25) is 5.78 Å². The minimum absolute atomic E-state index is 0.292. The van der Waals surface area contributed by atoms with E-state index in [4.69, 9.17) is 10.4 Å². The molecule has 0 saturated carbocycles. The summed E-state index contributed by atoms with van der Waals surface area (Å²) in [7, 11) is 0. The average Bonchev–Trinajstić information content (AvgIpc) is 2.37. The molecule has 0 radical (unpaired) electrons. The molecule has 6 nitrogen and oxygen atoms in total. The van der Waals surface area contributed by atoms with Crippen molar-refractivity contribution >= 4 is 17.7 Å². The third-order valence-corrected chi connectivity index (χ3v) is 1.12. The number of nitrogens with zero attached hydrogens (tertiary/aromatic N) is 1. The number of rotatable bonds is 1. The first-order valence-electron chi connectivity index (χ1n) is 3.47. The number of carboxylic acids is 1. The van der Waals surface area contributed by atoms with Gasteiger partial charge in [-0.3, -0.25) is 14.4 Å². The van der Waals surface area contributed by atoms with Gasteiger partial charge in [-0.2, -0.15) is 5.26 Å². The molecule has 0 aromatic heterocycles. The minimum Gasteiger partial charge on any atom is -0.480 e. The molecule has 0 unspecified atom stereocenters. The summed E-state index contributed by atoms with van der Waals surface area (Å²) in [6, 6.07) is 1.47. The summed E-state index contributed by atoms with van der Waals surface area (Å²) in [6.45, 7) is 0.525. The van der Waals surface area contributed by atoms with Crippen LogP contribution in [0.4, 0.5) is 0 Å². The Morgan fingerprint density at radius 2 is 2.23 bits per heavy atom. The van der Waals surface area contributed by atoms with Crippen LogP contribution in [0.5, 0.6) is 0 Å². The van der Waals surface area contributed by atoms with Crippen molar-refractivity contribution in [3.63, 3.8) is 0 Å². The Balaban J connectivity index is 0.000000226. The predicted molar refractivity (Wildman–Crippen MR) is 40.5 cm³/mol. The molecule has 1 aliphatic heterocycles. The van der Waals surface area contributed by atoms with Gasteiger partial charge in [-0.05, 0) is 0 Å². The van der Waals surface area contributed by atoms with Gasteiger partial charge >= 0.3 is 5.97 Å². The highest BCUT2D eigenvalue weighted by Gasteiger charge is 2.18. The fourth-order valence-electron chi connectivity index (χ4n) is 0.569. The van der Waals surface area contributed by atoms with Crippen LogP contribution in [0.2, 0.25) is 0 Å². The maximum Gasteiger partial charge on any atom is 0.317 e. The number of ketones is 1. The molecule has 0 spiro atoms. The van der Waals surface area contributed by atoms with E-state index in [1.54, 1.807) is 0 Å². The van der Waals surface area contributed by atoms with Gasteiger partial charge in [0, 0.05) is 13.0 Å². The molecule has 1 saturated heterocycles. The summed E-state index contributed by atoms with van der Waals surface area (Å²) in [5, 5.41) is 17.7. The van der Waals surface area contributed by atoms with Crippen molar-refractivity contribution in [1.29, 1.82) is 5.26 Å². The number of carbonyl (C=O) groups is 3. The van der Waals surface area contributed by atoms with Gasteiger partial charge in [0.25, 0.3) is 5.91 Å². The van der Waals surface area contributed by atoms with Gasteiger partial charge in [0.15, 0.2) is 0 Å². The van der Waals surface area contributed by atoms with Gasteiger partial charge in [-0.25, -0.2) is 0 Å². The van der Waals surface area contributed by atoms with Crippen LogP contribution in [0.3, 0.4) is 0 Å². The summed E-state index contributed by atoms with van der Waals surface area (Å²) in [4.78, 5) is 29.7. The number of nitriles is 1. The van der Waals surface area contributed by atoms with E-state index < -0.39 is 18.3 Å². The molecule has 1 heterocycles. The number of amides is 1. The lowest BCUT2D eigenvalue weighted by molar-refractivity contribution is -0.135. The second-order valence-electron chi connectivity index (χ2n) is 2.16. The summed E-state index contributed by atoms with van der Waals surface area (Å²) >= 11 is 0. The molecule has 0 aromatic carbocycles. The molecule has 1 fully saturated rings. The average molecular weight is 184 g/mol. The van der Waals surface area contributed by atoms with Crippen LogP contribution in [-0.4, -0.2) is 29.3 Å². The lowest BCUT2D eigenvalue weighted by Gasteiger charge is -1.78. The van der Waals surface area contributed by atoms with Crippen molar-refractivity contribution in [3.8, 4) is 6.07 Å². The van der Waals surface area contributed by atoms with E-state index >= 15 is 0 Å². The molecule has 2 N–H and O–H groups in total. The van der Waals surface area contributed by atoms with Gasteiger partial charge in [-0.15, -0.1) is 0 Å². The van der Waals surface area contributed by atoms with Crippen LogP contribution >= 0.6 is 0 Å². The molecule has 1 rings (SSSR count). The number of hydrogen-bond acceptors (Lipinski definition) is 4. The number of carboxylic acid groups (broad SMARTS) is 1. The third kappa shape index (κ3) is 5.38. The van der Waals surface area contributed by atoms with E-state index in [0.29, 0.717) is 13.0 Å². The summed E-state index contributed by atoms with van der Waals surface area (Å²) < 4.78 is 0. The topological polar surface area (TPSA) is 107 Å². The van der Waals surface area contributed by atoms with Crippen molar-refractivity contribution < 1.29 is 19.5 Å². The van der Waals surface area contributed by atoms with E-state index in [0.717, 1.165) is 0 Å².